The summed E-state index contributed by atoms with van der Waals surface area (Å²) in [6.07, 6.45) is -4.11. The van der Waals surface area contributed by atoms with E-state index in [0.29, 0.717) is 23.5 Å². The third-order valence-electron chi connectivity index (χ3n) is 4.33. The number of nitrogens with zero attached hydrogens (tertiary/aromatic N) is 2. The quantitative estimate of drug-likeness (QED) is 0.854. The molecule has 1 fully saturated rings. The van der Waals surface area contributed by atoms with Crippen molar-refractivity contribution in [1.82, 2.24) is 9.78 Å². The third kappa shape index (κ3) is 4.68. The number of hydrogen-bond donors (Lipinski definition) is 1. The Kier molecular flexibility index (Phi) is 5.02. The molecule has 1 aliphatic heterocycles. The fourth-order valence-electron chi connectivity index (χ4n) is 3.04. The van der Waals surface area contributed by atoms with Crippen molar-refractivity contribution in [1.29, 1.82) is 0 Å². The van der Waals surface area contributed by atoms with E-state index in [4.69, 9.17) is 0 Å². The number of amides is 1. The molecule has 1 saturated heterocycles. The Hall–Kier alpha value is -2.36. The van der Waals surface area contributed by atoms with E-state index in [9.17, 15) is 26.4 Å². The minimum Gasteiger partial charge on any atom is -0.311 e. The van der Waals surface area contributed by atoms with Crippen molar-refractivity contribution in [2.45, 2.75) is 32.0 Å². The highest BCUT2D eigenvalue weighted by Crippen LogP contribution is 2.29. The summed E-state index contributed by atoms with van der Waals surface area (Å²) in [5.41, 5.74) is 0.290. The number of alkyl halides is 3. The molecule has 1 aromatic heterocycles. The van der Waals surface area contributed by atoms with Crippen molar-refractivity contribution in [3.8, 4) is 0 Å². The molecule has 6 nitrogen and oxygen atoms in total. The lowest BCUT2D eigenvalue weighted by Crippen LogP contribution is -2.20. The molecule has 1 aliphatic rings. The number of benzene rings is 1. The average molecular weight is 401 g/mol. The van der Waals surface area contributed by atoms with E-state index in [1.54, 1.807) is 13.0 Å². The van der Waals surface area contributed by atoms with Gasteiger partial charge in [0, 0.05) is 6.07 Å². The van der Waals surface area contributed by atoms with E-state index < -0.39 is 27.5 Å². The van der Waals surface area contributed by atoms with E-state index in [0.717, 1.165) is 12.1 Å². The first-order valence-corrected chi connectivity index (χ1v) is 10.1. The summed E-state index contributed by atoms with van der Waals surface area (Å²) >= 11 is 0. The number of hydrogen-bond acceptors (Lipinski definition) is 4. The Balaban J connectivity index is 1.70. The zero-order chi connectivity index (χ0) is 19.8. The Labute approximate surface area is 154 Å². The summed E-state index contributed by atoms with van der Waals surface area (Å²) < 4.78 is 62.6. The molecule has 0 bridgehead atoms. The summed E-state index contributed by atoms with van der Waals surface area (Å²) in [7, 11) is -3.11. The predicted octanol–water partition coefficient (Wildman–Crippen LogP) is 2.75. The minimum atomic E-state index is -4.42. The van der Waals surface area contributed by atoms with Gasteiger partial charge in [0.05, 0.1) is 35.2 Å². The van der Waals surface area contributed by atoms with Gasteiger partial charge in [-0.2, -0.15) is 18.3 Å². The second kappa shape index (κ2) is 6.99. The lowest BCUT2D eigenvalue weighted by molar-refractivity contribution is -0.137. The highest BCUT2D eigenvalue weighted by atomic mass is 32.2. The average Bonchev–Trinajstić information content (AvgIpc) is 3.08. The second-order valence-electron chi connectivity index (χ2n) is 6.59. The smallest absolute Gasteiger partial charge is 0.311 e. The van der Waals surface area contributed by atoms with Gasteiger partial charge in [-0.1, -0.05) is 12.1 Å². The first-order chi connectivity index (χ1) is 12.5. The maximum atomic E-state index is 12.6. The standard InChI is InChI=1S/C17H18F3N3O3S/c1-11-8-15(23(22-11)14-6-7-27(25,26)10-14)21-16(24)9-12-2-4-13(5-3-12)17(18,19)20/h2-5,8,14H,6-7,9-10H2,1H3,(H,21,24). The van der Waals surface area contributed by atoms with Crippen LogP contribution in [0.5, 0.6) is 0 Å². The van der Waals surface area contributed by atoms with Crippen LogP contribution in [0.4, 0.5) is 19.0 Å². The molecule has 10 heteroatoms. The number of halogens is 3. The number of carbonyl (C=O) groups excluding carboxylic acids is 1. The third-order valence-corrected chi connectivity index (χ3v) is 6.08. The van der Waals surface area contributed by atoms with Crippen LogP contribution in [-0.4, -0.2) is 35.6 Å². The van der Waals surface area contributed by atoms with Crippen LogP contribution in [-0.2, 0) is 27.2 Å². The van der Waals surface area contributed by atoms with Crippen molar-refractivity contribution in [2.75, 3.05) is 16.8 Å². The van der Waals surface area contributed by atoms with Crippen LogP contribution in [0.2, 0.25) is 0 Å². The number of aryl methyl sites for hydroxylation is 1. The molecule has 1 aromatic carbocycles. The van der Waals surface area contributed by atoms with Gasteiger partial charge in [0.25, 0.3) is 0 Å². The number of rotatable bonds is 4. The normalized spacial score (nSPS) is 19.2. The molecule has 1 N–H and O–H groups in total. The van der Waals surface area contributed by atoms with Crippen molar-refractivity contribution in [3.05, 3.63) is 47.2 Å². The van der Waals surface area contributed by atoms with Gasteiger partial charge < -0.3 is 5.32 Å². The van der Waals surface area contributed by atoms with Crippen molar-refractivity contribution in [2.24, 2.45) is 0 Å². The molecule has 146 valence electrons. The molecule has 0 aliphatic carbocycles. The molecule has 2 heterocycles. The second-order valence-corrected chi connectivity index (χ2v) is 8.82. The molecule has 2 aromatic rings. The fraction of sp³-hybridized carbons (Fsp3) is 0.412. The van der Waals surface area contributed by atoms with Gasteiger partial charge in [-0.3, -0.25) is 4.79 Å². The van der Waals surface area contributed by atoms with Gasteiger partial charge >= 0.3 is 6.18 Å². The predicted molar refractivity (Wildman–Crippen MR) is 93.0 cm³/mol. The molecule has 27 heavy (non-hydrogen) atoms. The number of anilines is 1. The van der Waals surface area contributed by atoms with Gasteiger partial charge in [0.15, 0.2) is 9.84 Å². The summed E-state index contributed by atoms with van der Waals surface area (Å²) in [6.45, 7) is 1.73. The molecular formula is C17H18F3N3O3S. The number of carbonyl (C=O) groups is 1. The fourth-order valence-corrected chi connectivity index (χ4v) is 4.73. The Morgan fingerprint density at radius 1 is 1.30 bits per heavy atom. The topological polar surface area (TPSA) is 81.1 Å². The summed E-state index contributed by atoms with van der Waals surface area (Å²) in [5.74, 6) is 0.00840. The van der Waals surface area contributed by atoms with Crippen molar-refractivity contribution >= 4 is 21.6 Å². The molecular weight excluding hydrogens is 383 g/mol. The highest BCUT2D eigenvalue weighted by molar-refractivity contribution is 7.91. The molecule has 1 unspecified atom stereocenters. The van der Waals surface area contributed by atoms with Crippen LogP contribution >= 0.6 is 0 Å². The van der Waals surface area contributed by atoms with Gasteiger partial charge in [0.1, 0.15) is 5.82 Å². The Morgan fingerprint density at radius 3 is 2.52 bits per heavy atom. The van der Waals surface area contributed by atoms with Crippen LogP contribution in [0, 0.1) is 6.92 Å². The van der Waals surface area contributed by atoms with E-state index in [1.807, 2.05) is 0 Å². The Morgan fingerprint density at radius 2 is 1.96 bits per heavy atom. The number of nitrogens with one attached hydrogen (secondary N) is 1. The van der Waals surface area contributed by atoms with Crippen LogP contribution in [0.15, 0.2) is 30.3 Å². The van der Waals surface area contributed by atoms with Crippen LogP contribution < -0.4 is 5.32 Å². The SMILES string of the molecule is Cc1cc(NC(=O)Cc2ccc(C(F)(F)F)cc2)n(C2CCS(=O)(=O)C2)n1. The Bertz CT molecular complexity index is 950. The maximum absolute atomic E-state index is 12.6. The monoisotopic (exact) mass is 401 g/mol. The summed E-state index contributed by atoms with van der Waals surface area (Å²) in [6, 6.07) is 5.67. The molecule has 1 amide bonds. The molecule has 0 spiro atoms. The zero-order valence-corrected chi connectivity index (χ0v) is 15.3. The van der Waals surface area contributed by atoms with Gasteiger partial charge in [-0.15, -0.1) is 0 Å². The molecule has 1 atom stereocenters. The van der Waals surface area contributed by atoms with Gasteiger partial charge in [-0.05, 0) is 31.0 Å². The highest BCUT2D eigenvalue weighted by Gasteiger charge is 2.32. The van der Waals surface area contributed by atoms with E-state index in [-0.39, 0.29) is 24.0 Å². The minimum absolute atomic E-state index is 0.0319. The van der Waals surface area contributed by atoms with Crippen LogP contribution in [0.3, 0.4) is 0 Å². The maximum Gasteiger partial charge on any atom is 0.416 e. The van der Waals surface area contributed by atoms with E-state index >= 15 is 0 Å². The van der Waals surface area contributed by atoms with Crippen molar-refractivity contribution in [3.63, 3.8) is 0 Å². The molecule has 0 radical (unpaired) electrons. The molecule has 3 rings (SSSR count). The first kappa shape index (κ1) is 19.4. The lowest BCUT2D eigenvalue weighted by Gasteiger charge is -2.14. The van der Waals surface area contributed by atoms with Crippen LogP contribution in [0.25, 0.3) is 0 Å². The summed E-state index contributed by atoms with van der Waals surface area (Å²) in [4.78, 5) is 12.3. The lowest BCUT2D eigenvalue weighted by atomic mass is 10.1. The van der Waals surface area contributed by atoms with Gasteiger partial charge in [-0.25, -0.2) is 13.1 Å². The van der Waals surface area contributed by atoms with Crippen LogP contribution in [0.1, 0.15) is 29.3 Å². The summed E-state index contributed by atoms with van der Waals surface area (Å²) in [5, 5.41) is 6.94. The zero-order valence-electron chi connectivity index (χ0n) is 14.5. The van der Waals surface area contributed by atoms with Crippen molar-refractivity contribution < 1.29 is 26.4 Å². The largest absolute Gasteiger partial charge is 0.416 e. The molecule has 0 saturated carbocycles. The first-order valence-electron chi connectivity index (χ1n) is 8.26. The van der Waals surface area contributed by atoms with E-state index in [2.05, 4.69) is 10.4 Å². The van der Waals surface area contributed by atoms with E-state index in [1.165, 1.54) is 16.8 Å². The number of aromatic nitrogens is 2. The number of sulfone groups is 1. The van der Waals surface area contributed by atoms with Gasteiger partial charge in [0.2, 0.25) is 5.91 Å².